The Morgan fingerprint density at radius 3 is 2.74 bits per heavy atom. The maximum absolute atomic E-state index is 11.3. The summed E-state index contributed by atoms with van der Waals surface area (Å²) < 4.78 is 4.63. The number of nitrogens with zero attached hydrogens (tertiary/aromatic N) is 2. The minimum Gasteiger partial charge on any atom is -0.465 e. The molecule has 0 saturated carbocycles. The van der Waals surface area contributed by atoms with Gasteiger partial charge in [-0.3, -0.25) is 9.88 Å². The van der Waals surface area contributed by atoms with Crippen LogP contribution in [0.4, 0.5) is 0 Å². The van der Waals surface area contributed by atoms with Crippen LogP contribution in [-0.2, 0) is 16.1 Å². The van der Waals surface area contributed by atoms with Gasteiger partial charge in [-0.1, -0.05) is 0 Å². The lowest BCUT2D eigenvalue weighted by molar-refractivity contribution is -0.112. The number of piperidine rings is 1. The largest absolute Gasteiger partial charge is 0.465 e. The number of aromatic nitrogens is 1. The van der Waals surface area contributed by atoms with E-state index in [0.29, 0.717) is 5.56 Å². The monoisotopic (exact) mass is 262 g/mol. The molecule has 1 aliphatic rings. The van der Waals surface area contributed by atoms with E-state index >= 15 is 0 Å². The van der Waals surface area contributed by atoms with Crippen molar-refractivity contribution in [2.45, 2.75) is 19.4 Å². The second-order valence-electron chi connectivity index (χ2n) is 4.78. The zero-order valence-electron chi connectivity index (χ0n) is 11.0. The van der Waals surface area contributed by atoms with Crippen molar-refractivity contribution in [2.75, 3.05) is 20.2 Å². The fourth-order valence-electron chi connectivity index (χ4n) is 2.23. The SMILES string of the molecule is COC(=O)c1ccc(CN2CCC(C=O)CC2)nc1. The van der Waals surface area contributed by atoms with Crippen LogP contribution in [0.3, 0.4) is 0 Å². The van der Waals surface area contributed by atoms with Crippen molar-refractivity contribution in [3.8, 4) is 0 Å². The molecule has 1 saturated heterocycles. The molecule has 0 spiro atoms. The van der Waals surface area contributed by atoms with E-state index in [9.17, 15) is 9.59 Å². The maximum Gasteiger partial charge on any atom is 0.339 e. The number of rotatable bonds is 4. The maximum atomic E-state index is 11.3. The third kappa shape index (κ3) is 3.61. The van der Waals surface area contributed by atoms with Gasteiger partial charge in [0.25, 0.3) is 0 Å². The Kier molecular flexibility index (Phi) is 4.63. The van der Waals surface area contributed by atoms with E-state index in [-0.39, 0.29) is 11.9 Å². The summed E-state index contributed by atoms with van der Waals surface area (Å²) in [5.41, 5.74) is 1.39. The molecule has 0 radical (unpaired) electrons. The van der Waals surface area contributed by atoms with Gasteiger partial charge in [0.2, 0.25) is 0 Å². The number of hydrogen-bond donors (Lipinski definition) is 0. The molecule has 0 aromatic carbocycles. The van der Waals surface area contributed by atoms with Crippen molar-refractivity contribution in [1.29, 1.82) is 0 Å². The Morgan fingerprint density at radius 2 is 2.21 bits per heavy atom. The normalized spacial score (nSPS) is 17.1. The molecule has 2 rings (SSSR count). The van der Waals surface area contributed by atoms with Crippen LogP contribution in [0, 0.1) is 5.92 Å². The first kappa shape index (κ1) is 13.7. The predicted molar refractivity (Wildman–Crippen MR) is 69.6 cm³/mol. The number of likely N-dealkylation sites (tertiary alicyclic amines) is 1. The third-order valence-electron chi connectivity index (χ3n) is 3.46. The number of hydrogen-bond acceptors (Lipinski definition) is 5. The summed E-state index contributed by atoms with van der Waals surface area (Å²) in [6, 6.07) is 3.57. The van der Waals surface area contributed by atoms with Crippen LogP contribution < -0.4 is 0 Å². The average Bonchev–Trinajstić information content (AvgIpc) is 2.48. The lowest BCUT2D eigenvalue weighted by Gasteiger charge is -2.29. The third-order valence-corrected chi connectivity index (χ3v) is 3.46. The van der Waals surface area contributed by atoms with Crippen LogP contribution in [0.25, 0.3) is 0 Å². The minimum atomic E-state index is -0.370. The highest BCUT2D eigenvalue weighted by molar-refractivity contribution is 5.88. The van der Waals surface area contributed by atoms with Crippen molar-refractivity contribution >= 4 is 12.3 Å². The second-order valence-corrected chi connectivity index (χ2v) is 4.78. The summed E-state index contributed by atoms with van der Waals surface area (Å²) in [6.45, 7) is 2.60. The molecule has 1 fully saturated rings. The molecule has 1 aliphatic heterocycles. The molecule has 0 bridgehead atoms. The van der Waals surface area contributed by atoms with Crippen LogP contribution in [0.5, 0.6) is 0 Å². The molecule has 2 heterocycles. The molecule has 1 aromatic rings. The topological polar surface area (TPSA) is 59.5 Å². The number of carbonyl (C=O) groups is 2. The van der Waals surface area contributed by atoms with E-state index in [1.807, 2.05) is 6.07 Å². The van der Waals surface area contributed by atoms with Crippen LogP contribution in [0.2, 0.25) is 0 Å². The van der Waals surface area contributed by atoms with E-state index in [0.717, 1.165) is 44.5 Å². The predicted octanol–water partition coefficient (Wildman–Crippen LogP) is 1.28. The van der Waals surface area contributed by atoms with Gasteiger partial charge in [0.15, 0.2) is 0 Å². The molecule has 0 atom stereocenters. The Hall–Kier alpha value is -1.75. The Bertz CT molecular complexity index is 437. The lowest BCUT2D eigenvalue weighted by Crippen LogP contribution is -2.33. The van der Waals surface area contributed by atoms with E-state index in [1.165, 1.54) is 7.11 Å². The number of aldehydes is 1. The van der Waals surface area contributed by atoms with Gasteiger partial charge in [0.1, 0.15) is 6.29 Å². The van der Waals surface area contributed by atoms with Crippen molar-refractivity contribution in [3.05, 3.63) is 29.6 Å². The van der Waals surface area contributed by atoms with Gasteiger partial charge in [-0.15, -0.1) is 0 Å². The van der Waals surface area contributed by atoms with Crippen molar-refractivity contribution in [1.82, 2.24) is 9.88 Å². The first-order chi connectivity index (χ1) is 9.22. The van der Waals surface area contributed by atoms with Crippen LogP contribution in [0.1, 0.15) is 28.9 Å². The van der Waals surface area contributed by atoms with Gasteiger partial charge in [-0.25, -0.2) is 4.79 Å². The number of esters is 1. The molecule has 19 heavy (non-hydrogen) atoms. The number of methoxy groups -OCH3 is 1. The van der Waals surface area contributed by atoms with Crippen LogP contribution >= 0.6 is 0 Å². The quantitative estimate of drug-likeness (QED) is 0.604. The highest BCUT2D eigenvalue weighted by Gasteiger charge is 2.18. The molecule has 1 aromatic heterocycles. The molecule has 0 unspecified atom stereocenters. The molecular weight excluding hydrogens is 244 g/mol. The first-order valence-electron chi connectivity index (χ1n) is 6.44. The molecular formula is C14H18N2O3. The van der Waals surface area contributed by atoms with Crippen LogP contribution in [0.15, 0.2) is 18.3 Å². The summed E-state index contributed by atoms with van der Waals surface area (Å²) in [5.74, 6) is -0.156. The van der Waals surface area contributed by atoms with E-state index in [1.54, 1.807) is 12.3 Å². The second kappa shape index (κ2) is 6.43. The van der Waals surface area contributed by atoms with E-state index in [2.05, 4.69) is 14.6 Å². The molecule has 0 amide bonds. The first-order valence-corrected chi connectivity index (χ1v) is 6.44. The Morgan fingerprint density at radius 1 is 1.47 bits per heavy atom. The summed E-state index contributed by atoms with van der Waals surface area (Å²) in [5, 5.41) is 0. The fraction of sp³-hybridized carbons (Fsp3) is 0.500. The Labute approximate surface area is 112 Å². The van der Waals surface area contributed by atoms with Crippen molar-refractivity contribution < 1.29 is 14.3 Å². The summed E-state index contributed by atoms with van der Waals surface area (Å²) >= 11 is 0. The zero-order chi connectivity index (χ0) is 13.7. The van der Waals surface area contributed by atoms with Gasteiger partial charge in [-0.05, 0) is 38.1 Å². The smallest absolute Gasteiger partial charge is 0.339 e. The highest BCUT2D eigenvalue weighted by Crippen LogP contribution is 2.16. The number of carbonyl (C=O) groups excluding carboxylic acids is 2. The summed E-state index contributed by atoms with van der Waals surface area (Å²) in [6.07, 6.45) is 4.44. The van der Waals surface area contributed by atoms with E-state index in [4.69, 9.17) is 0 Å². The Balaban J connectivity index is 1.90. The molecule has 5 heteroatoms. The average molecular weight is 262 g/mol. The van der Waals surface area contributed by atoms with Gasteiger partial charge >= 0.3 is 5.97 Å². The summed E-state index contributed by atoms with van der Waals surface area (Å²) in [4.78, 5) is 28.5. The van der Waals surface area contributed by atoms with Crippen LogP contribution in [-0.4, -0.2) is 42.3 Å². The zero-order valence-corrected chi connectivity index (χ0v) is 11.0. The lowest BCUT2D eigenvalue weighted by atomic mass is 9.98. The van der Waals surface area contributed by atoms with Crippen molar-refractivity contribution in [3.63, 3.8) is 0 Å². The van der Waals surface area contributed by atoms with Gasteiger partial charge in [0, 0.05) is 18.7 Å². The molecule has 0 aliphatic carbocycles. The van der Waals surface area contributed by atoms with Gasteiger partial charge < -0.3 is 9.53 Å². The minimum absolute atomic E-state index is 0.214. The fourth-order valence-corrected chi connectivity index (χ4v) is 2.23. The van der Waals surface area contributed by atoms with Gasteiger partial charge in [0.05, 0.1) is 18.4 Å². The molecule has 5 nitrogen and oxygen atoms in total. The molecule has 0 N–H and O–H groups in total. The van der Waals surface area contributed by atoms with Gasteiger partial charge in [-0.2, -0.15) is 0 Å². The standard InChI is InChI=1S/C14H18N2O3/c1-19-14(18)12-2-3-13(15-8-12)9-16-6-4-11(10-17)5-7-16/h2-3,8,10-11H,4-7,9H2,1H3. The molecule has 102 valence electrons. The van der Waals surface area contributed by atoms with Crippen molar-refractivity contribution in [2.24, 2.45) is 5.92 Å². The number of ether oxygens (including phenoxy) is 1. The summed E-state index contributed by atoms with van der Waals surface area (Å²) in [7, 11) is 1.35. The number of pyridine rings is 1. The highest BCUT2D eigenvalue weighted by atomic mass is 16.5. The van der Waals surface area contributed by atoms with E-state index < -0.39 is 0 Å².